The maximum atomic E-state index is 12.1. The van der Waals surface area contributed by atoms with E-state index in [1.54, 1.807) is 0 Å². The number of nitrogens with one attached hydrogen (secondary N) is 1. The van der Waals surface area contributed by atoms with Gasteiger partial charge in [0.2, 0.25) is 5.91 Å². The molecule has 2 nitrogen and oxygen atoms in total. The van der Waals surface area contributed by atoms with Gasteiger partial charge in [-0.05, 0) is 25.3 Å². The SMILES string of the molecule is CCCCC(CCCC)NC(=O)Cc1ccc(C)cc1. The zero-order valence-electron chi connectivity index (χ0n) is 13.2. The molecule has 0 saturated carbocycles. The van der Waals surface area contributed by atoms with Crippen molar-refractivity contribution >= 4 is 5.91 Å². The standard InChI is InChI=1S/C18H29NO/c1-4-6-8-17(9-7-5-2)19-18(20)14-16-12-10-15(3)11-13-16/h10-13,17H,4-9,14H2,1-3H3,(H,19,20). The molecule has 0 aliphatic heterocycles. The summed E-state index contributed by atoms with van der Waals surface area (Å²) in [6.45, 7) is 6.46. The molecular weight excluding hydrogens is 246 g/mol. The summed E-state index contributed by atoms with van der Waals surface area (Å²) < 4.78 is 0. The van der Waals surface area contributed by atoms with Crippen LogP contribution in [0.4, 0.5) is 0 Å². The predicted octanol–water partition coefficient (Wildman–Crippen LogP) is 4.40. The Balaban J connectivity index is 2.45. The Kier molecular flexibility index (Phi) is 8.01. The molecular formula is C18H29NO. The Bertz CT molecular complexity index is 375. The maximum Gasteiger partial charge on any atom is 0.224 e. The van der Waals surface area contributed by atoms with Gasteiger partial charge in [-0.1, -0.05) is 69.4 Å². The Morgan fingerprint density at radius 3 is 2.10 bits per heavy atom. The van der Waals surface area contributed by atoms with Crippen LogP contribution in [-0.4, -0.2) is 11.9 Å². The highest BCUT2D eigenvalue weighted by molar-refractivity contribution is 5.78. The van der Waals surface area contributed by atoms with E-state index >= 15 is 0 Å². The second kappa shape index (κ2) is 9.57. The average molecular weight is 275 g/mol. The molecule has 0 aromatic heterocycles. The second-order valence-electron chi connectivity index (χ2n) is 5.71. The predicted molar refractivity (Wildman–Crippen MR) is 85.9 cm³/mol. The van der Waals surface area contributed by atoms with Crippen molar-refractivity contribution in [1.82, 2.24) is 5.32 Å². The van der Waals surface area contributed by atoms with Crippen molar-refractivity contribution in [1.29, 1.82) is 0 Å². The lowest BCUT2D eigenvalue weighted by Crippen LogP contribution is -2.35. The highest BCUT2D eigenvalue weighted by Gasteiger charge is 2.11. The number of hydrogen-bond acceptors (Lipinski definition) is 1. The van der Waals surface area contributed by atoms with Gasteiger partial charge in [-0.15, -0.1) is 0 Å². The number of unbranched alkanes of at least 4 members (excludes halogenated alkanes) is 2. The molecule has 0 bridgehead atoms. The first-order valence-corrected chi connectivity index (χ1v) is 8.00. The van der Waals surface area contributed by atoms with Crippen molar-refractivity contribution in [2.45, 2.75) is 71.8 Å². The topological polar surface area (TPSA) is 29.1 Å². The first kappa shape index (κ1) is 16.7. The molecule has 112 valence electrons. The van der Waals surface area contributed by atoms with Gasteiger partial charge in [0.25, 0.3) is 0 Å². The summed E-state index contributed by atoms with van der Waals surface area (Å²) in [5.41, 5.74) is 2.33. The normalized spacial score (nSPS) is 10.8. The molecule has 0 fully saturated rings. The molecule has 0 radical (unpaired) electrons. The Morgan fingerprint density at radius 1 is 1.05 bits per heavy atom. The van der Waals surface area contributed by atoms with Crippen molar-refractivity contribution in [2.75, 3.05) is 0 Å². The van der Waals surface area contributed by atoms with Crippen LogP contribution in [0.3, 0.4) is 0 Å². The fourth-order valence-electron chi connectivity index (χ4n) is 2.36. The first-order valence-electron chi connectivity index (χ1n) is 8.00. The van der Waals surface area contributed by atoms with Gasteiger partial charge in [-0.2, -0.15) is 0 Å². The van der Waals surface area contributed by atoms with Crippen LogP contribution in [0.25, 0.3) is 0 Å². The molecule has 2 heteroatoms. The van der Waals surface area contributed by atoms with Crippen molar-refractivity contribution in [3.63, 3.8) is 0 Å². The highest BCUT2D eigenvalue weighted by atomic mass is 16.1. The Morgan fingerprint density at radius 2 is 1.60 bits per heavy atom. The number of amides is 1. The van der Waals surface area contributed by atoms with Crippen molar-refractivity contribution in [2.24, 2.45) is 0 Å². The van der Waals surface area contributed by atoms with Gasteiger partial charge in [0.15, 0.2) is 0 Å². The lowest BCUT2D eigenvalue weighted by Gasteiger charge is -2.18. The van der Waals surface area contributed by atoms with Crippen LogP contribution >= 0.6 is 0 Å². The van der Waals surface area contributed by atoms with Gasteiger partial charge in [0, 0.05) is 6.04 Å². The van der Waals surface area contributed by atoms with E-state index in [0.29, 0.717) is 12.5 Å². The summed E-state index contributed by atoms with van der Waals surface area (Å²) in [7, 11) is 0. The number of carbonyl (C=O) groups is 1. The van der Waals surface area contributed by atoms with Gasteiger partial charge in [-0.3, -0.25) is 4.79 Å². The summed E-state index contributed by atoms with van der Waals surface area (Å²) in [6.07, 6.45) is 7.48. The van der Waals surface area contributed by atoms with Crippen LogP contribution in [0.1, 0.15) is 63.5 Å². The maximum absolute atomic E-state index is 12.1. The molecule has 1 amide bonds. The fraction of sp³-hybridized carbons (Fsp3) is 0.611. The Hall–Kier alpha value is -1.31. The fourth-order valence-corrected chi connectivity index (χ4v) is 2.36. The molecule has 1 aromatic rings. The number of hydrogen-bond donors (Lipinski definition) is 1. The van der Waals surface area contributed by atoms with E-state index in [1.807, 2.05) is 12.1 Å². The quantitative estimate of drug-likeness (QED) is 0.711. The summed E-state index contributed by atoms with van der Waals surface area (Å²) in [5.74, 6) is 0.158. The van der Waals surface area contributed by atoms with Gasteiger partial charge >= 0.3 is 0 Å². The van der Waals surface area contributed by atoms with Crippen LogP contribution in [0, 0.1) is 6.92 Å². The van der Waals surface area contributed by atoms with Crippen molar-refractivity contribution in [3.05, 3.63) is 35.4 Å². The molecule has 1 rings (SSSR count). The molecule has 0 heterocycles. The minimum Gasteiger partial charge on any atom is -0.353 e. The van der Waals surface area contributed by atoms with E-state index in [0.717, 1.165) is 18.4 Å². The van der Waals surface area contributed by atoms with E-state index < -0.39 is 0 Å². The van der Waals surface area contributed by atoms with E-state index in [4.69, 9.17) is 0 Å². The van der Waals surface area contributed by atoms with Crippen LogP contribution < -0.4 is 5.32 Å². The monoisotopic (exact) mass is 275 g/mol. The molecule has 0 unspecified atom stereocenters. The number of rotatable bonds is 9. The lowest BCUT2D eigenvalue weighted by atomic mass is 10.0. The van der Waals surface area contributed by atoms with Crippen molar-refractivity contribution in [3.8, 4) is 0 Å². The molecule has 0 spiro atoms. The molecule has 1 aromatic carbocycles. The lowest BCUT2D eigenvalue weighted by molar-refractivity contribution is -0.121. The third-order valence-electron chi connectivity index (χ3n) is 3.66. The smallest absolute Gasteiger partial charge is 0.224 e. The van der Waals surface area contributed by atoms with Crippen LogP contribution in [0.2, 0.25) is 0 Å². The van der Waals surface area contributed by atoms with Gasteiger partial charge in [0.1, 0.15) is 0 Å². The van der Waals surface area contributed by atoms with Crippen LogP contribution in [0.15, 0.2) is 24.3 Å². The zero-order valence-corrected chi connectivity index (χ0v) is 13.2. The van der Waals surface area contributed by atoms with Crippen molar-refractivity contribution < 1.29 is 4.79 Å². The van der Waals surface area contributed by atoms with Gasteiger partial charge in [0.05, 0.1) is 6.42 Å². The van der Waals surface area contributed by atoms with Gasteiger partial charge < -0.3 is 5.32 Å². The van der Waals surface area contributed by atoms with E-state index in [2.05, 4.69) is 38.2 Å². The van der Waals surface area contributed by atoms with Gasteiger partial charge in [-0.25, -0.2) is 0 Å². The second-order valence-corrected chi connectivity index (χ2v) is 5.71. The number of aryl methyl sites for hydroxylation is 1. The molecule has 0 aliphatic carbocycles. The number of benzene rings is 1. The first-order chi connectivity index (χ1) is 9.65. The van der Waals surface area contributed by atoms with E-state index in [-0.39, 0.29) is 5.91 Å². The third kappa shape index (κ3) is 6.74. The van der Waals surface area contributed by atoms with E-state index in [1.165, 1.54) is 31.2 Å². The summed E-state index contributed by atoms with van der Waals surface area (Å²) in [4.78, 5) is 12.1. The van der Waals surface area contributed by atoms with Crippen LogP contribution in [-0.2, 0) is 11.2 Å². The molecule has 0 aliphatic rings. The highest BCUT2D eigenvalue weighted by Crippen LogP contribution is 2.10. The molecule has 0 saturated heterocycles. The van der Waals surface area contributed by atoms with Crippen LogP contribution in [0.5, 0.6) is 0 Å². The van der Waals surface area contributed by atoms with E-state index in [9.17, 15) is 4.79 Å². The minimum absolute atomic E-state index is 0.158. The summed E-state index contributed by atoms with van der Waals surface area (Å²) in [6, 6.07) is 8.57. The summed E-state index contributed by atoms with van der Waals surface area (Å²) >= 11 is 0. The average Bonchev–Trinajstić information content (AvgIpc) is 2.44. The molecule has 20 heavy (non-hydrogen) atoms. The summed E-state index contributed by atoms with van der Waals surface area (Å²) in [5, 5.41) is 3.21. The zero-order chi connectivity index (χ0) is 14.8. The Labute approximate surface area is 124 Å². The largest absolute Gasteiger partial charge is 0.353 e. The molecule has 0 atom stereocenters. The molecule has 1 N–H and O–H groups in total. The number of carbonyl (C=O) groups excluding carboxylic acids is 1. The minimum atomic E-state index is 0.158. The third-order valence-corrected chi connectivity index (χ3v) is 3.66.